The number of nitrogens with two attached hydrogens (primary N) is 2. The monoisotopic (exact) mass is 585 g/mol. The van der Waals surface area contributed by atoms with Crippen LogP contribution < -0.4 is 26.3 Å². The van der Waals surface area contributed by atoms with Gasteiger partial charge in [-0.3, -0.25) is 9.59 Å². The highest BCUT2D eigenvalue weighted by Gasteiger charge is 2.52. The second-order valence-corrected chi connectivity index (χ2v) is 11.8. The van der Waals surface area contributed by atoms with Crippen LogP contribution in [0.5, 0.6) is 11.5 Å². The number of aliphatic hydroxyl groups is 1. The highest BCUT2D eigenvalue weighted by molar-refractivity contribution is 5.85. The predicted octanol–water partition coefficient (Wildman–Crippen LogP) is 3.32. The van der Waals surface area contributed by atoms with Crippen LogP contribution in [-0.4, -0.2) is 62.5 Å². The predicted molar refractivity (Wildman–Crippen MR) is 160 cm³/mol. The summed E-state index contributed by atoms with van der Waals surface area (Å²) in [6.45, 7) is 11.3. The molecular weight excluding hydrogens is 534 g/mol. The topological polar surface area (TPSA) is 146 Å². The fourth-order valence-corrected chi connectivity index (χ4v) is 5.26. The van der Waals surface area contributed by atoms with Crippen molar-refractivity contribution in [2.45, 2.75) is 78.5 Å². The van der Waals surface area contributed by atoms with Gasteiger partial charge >= 0.3 is 0 Å². The van der Waals surface area contributed by atoms with Crippen LogP contribution in [0.3, 0.4) is 0 Å². The molecule has 0 heterocycles. The minimum atomic E-state index is -0.830. The van der Waals surface area contributed by atoms with Crippen molar-refractivity contribution in [2.75, 3.05) is 27.4 Å². The standard InChI is InChI=1S/C30H51N3O6.ClH/c1-17(2)21(13-20-9-10-25(38-7)26(14-20)39-12-8-11-37-6)15-23(31)24(34)16-22(18(3)4)30(36)33-28-19(5)27(28)29(32)35;/h9-10,14,17-19,21-24,27-28,34H,8,11-13,15-16,31H2,1-7H3,(H2,32,35)(H,33,36);1H/t19?,21-,22-,23-,24-,27?,28?;/m0./s1. The first kappa shape index (κ1) is 36.0. The van der Waals surface area contributed by atoms with E-state index in [2.05, 4.69) is 19.2 Å². The first-order valence-electron chi connectivity index (χ1n) is 14.2. The average Bonchev–Trinajstić information content (AvgIpc) is 3.52. The number of carbonyl (C=O) groups excluding carboxylic acids is 2. The van der Waals surface area contributed by atoms with E-state index in [0.717, 1.165) is 18.4 Å². The summed E-state index contributed by atoms with van der Waals surface area (Å²) in [6, 6.07) is 5.26. The number of carbonyl (C=O) groups is 2. The lowest BCUT2D eigenvalue weighted by molar-refractivity contribution is -0.128. The molecule has 0 aliphatic heterocycles. The minimum absolute atomic E-state index is 0. The van der Waals surface area contributed by atoms with Crippen LogP contribution in [0.15, 0.2) is 18.2 Å². The molecule has 40 heavy (non-hydrogen) atoms. The zero-order chi connectivity index (χ0) is 29.3. The summed E-state index contributed by atoms with van der Waals surface area (Å²) in [5, 5.41) is 14.0. The molecule has 2 rings (SSSR count). The van der Waals surface area contributed by atoms with Gasteiger partial charge in [0.2, 0.25) is 11.8 Å². The Hall–Kier alpha value is -2.07. The van der Waals surface area contributed by atoms with E-state index in [4.69, 9.17) is 25.7 Å². The molecule has 1 aliphatic rings. The SMILES string of the molecule is COCCCOc1cc(C[C@@H](C[C@H](N)[C@@H](O)C[C@H](C(=O)NC2C(C)C2C(N)=O)C(C)C)C(C)C)ccc1OC.Cl. The van der Waals surface area contributed by atoms with E-state index in [-0.39, 0.29) is 54.4 Å². The Kier molecular flexibility index (Phi) is 15.3. The second-order valence-electron chi connectivity index (χ2n) is 11.8. The van der Waals surface area contributed by atoms with Gasteiger partial charge in [-0.05, 0) is 60.6 Å². The Bertz CT molecular complexity index is 931. The van der Waals surface area contributed by atoms with Crippen molar-refractivity contribution in [1.29, 1.82) is 0 Å². The number of nitrogens with one attached hydrogen (secondary N) is 1. The fourth-order valence-electron chi connectivity index (χ4n) is 5.26. The molecule has 0 aromatic heterocycles. The molecule has 0 saturated heterocycles. The van der Waals surface area contributed by atoms with Crippen LogP contribution in [-0.2, 0) is 20.7 Å². The maximum Gasteiger partial charge on any atom is 0.223 e. The molecule has 0 radical (unpaired) electrons. The molecular formula is C30H52ClN3O6. The Morgan fingerprint density at radius 1 is 1.05 bits per heavy atom. The zero-order valence-corrected chi connectivity index (χ0v) is 26.0. The van der Waals surface area contributed by atoms with Crippen LogP contribution in [0.2, 0.25) is 0 Å². The summed E-state index contributed by atoms with van der Waals surface area (Å²) in [5.74, 6) is 0.701. The lowest BCUT2D eigenvalue weighted by atomic mass is 9.81. The maximum absolute atomic E-state index is 13.0. The number of ether oxygens (including phenoxy) is 3. The lowest BCUT2D eigenvalue weighted by Gasteiger charge is -2.30. The van der Waals surface area contributed by atoms with Gasteiger partial charge in [0.15, 0.2) is 11.5 Å². The van der Waals surface area contributed by atoms with Crippen LogP contribution in [0.4, 0.5) is 0 Å². The smallest absolute Gasteiger partial charge is 0.223 e. The molecule has 3 unspecified atom stereocenters. The van der Waals surface area contributed by atoms with Gasteiger partial charge in [0.1, 0.15) is 0 Å². The van der Waals surface area contributed by atoms with Crippen molar-refractivity contribution < 1.29 is 28.9 Å². The molecule has 1 fully saturated rings. The number of amides is 2. The lowest BCUT2D eigenvalue weighted by Crippen LogP contribution is -2.43. The molecule has 0 bridgehead atoms. The molecule has 10 heteroatoms. The maximum atomic E-state index is 13.0. The summed E-state index contributed by atoms with van der Waals surface area (Å²) in [6.07, 6.45) is 1.61. The number of benzene rings is 1. The third-order valence-electron chi connectivity index (χ3n) is 8.14. The number of hydrogen-bond donors (Lipinski definition) is 4. The Morgan fingerprint density at radius 2 is 1.73 bits per heavy atom. The van der Waals surface area contributed by atoms with Gasteiger partial charge in [0.25, 0.3) is 0 Å². The second kappa shape index (κ2) is 17.0. The molecule has 7 atom stereocenters. The van der Waals surface area contributed by atoms with E-state index in [1.807, 2.05) is 39.0 Å². The number of rotatable bonds is 18. The van der Waals surface area contributed by atoms with E-state index >= 15 is 0 Å². The molecule has 0 spiro atoms. The number of aliphatic hydroxyl groups excluding tert-OH is 1. The van der Waals surface area contributed by atoms with E-state index in [0.29, 0.717) is 37.1 Å². The first-order valence-corrected chi connectivity index (χ1v) is 14.2. The highest BCUT2D eigenvalue weighted by atomic mass is 35.5. The first-order chi connectivity index (χ1) is 18.4. The fraction of sp³-hybridized carbons (Fsp3) is 0.733. The van der Waals surface area contributed by atoms with Gasteiger partial charge in [-0.25, -0.2) is 0 Å². The number of primary amides is 1. The van der Waals surface area contributed by atoms with Gasteiger partial charge in [-0.2, -0.15) is 0 Å². The molecule has 2 amide bonds. The van der Waals surface area contributed by atoms with Crippen molar-refractivity contribution in [1.82, 2.24) is 5.32 Å². The Balaban J connectivity index is 0.00000800. The van der Waals surface area contributed by atoms with E-state index in [1.165, 1.54) is 0 Å². The van der Waals surface area contributed by atoms with Crippen LogP contribution in [0, 0.1) is 35.5 Å². The summed E-state index contributed by atoms with van der Waals surface area (Å²) in [4.78, 5) is 24.6. The Morgan fingerprint density at radius 3 is 2.25 bits per heavy atom. The average molecular weight is 586 g/mol. The molecule has 1 aromatic rings. The van der Waals surface area contributed by atoms with Gasteiger partial charge in [0, 0.05) is 38.1 Å². The summed E-state index contributed by atoms with van der Waals surface area (Å²) in [7, 11) is 3.29. The highest BCUT2D eigenvalue weighted by Crippen LogP contribution is 2.39. The molecule has 1 aliphatic carbocycles. The van der Waals surface area contributed by atoms with Crippen LogP contribution in [0.1, 0.15) is 59.4 Å². The van der Waals surface area contributed by atoms with Crippen molar-refractivity contribution >= 4 is 24.2 Å². The van der Waals surface area contributed by atoms with Crippen LogP contribution in [0.25, 0.3) is 0 Å². The summed E-state index contributed by atoms with van der Waals surface area (Å²) < 4.78 is 16.5. The number of methoxy groups -OCH3 is 2. The molecule has 1 aromatic carbocycles. The van der Waals surface area contributed by atoms with Gasteiger partial charge in [-0.1, -0.05) is 40.7 Å². The van der Waals surface area contributed by atoms with E-state index < -0.39 is 24.0 Å². The van der Waals surface area contributed by atoms with Gasteiger partial charge in [0.05, 0.1) is 25.7 Å². The number of hydrogen-bond acceptors (Lipinski definition) is 7. The van der Waals surface area contributed by atoms with E-state index in [9.17, 15) is 14.7 Å². The summed E-state index contributed by atoms with van der Waals surface area (Å²) >= 11 is 0. The van der Waals surface area contributed by atoms with E-state index in [1.54, 1.807) is 14.2 Å². The quantitative estimate of drug-likeness (QED) is 0.193. The summed E-state index contributed by atoms with van der Waals surface area (Å²) in [5.41, 5.74) is 13.1. The van der Waals surface area contributed by atoms with Crippen molar-refractivity contribution in [3.8, 4) is 11.5 Å². The van der Waals surface area contributed by atoms with Gasteiger partial charge < -0.3 is 36.1 Å². The largest absolute Gasteiger partial charge is 0.493 e. The molecule has 6 N–H and O–H groups in total. The molecule has 1 saturated carbocycles. The van der Waals surface area contributed by atoms with Crippen molar-refractivity contribution in [3.63, 3.8) is 0 Å². The minimum Gasteiger partial charge on any atom is -0.493 e. The van der Waals surface area contributed by atoms with Crippen LogP contribution >= 0.6 is 12.4 Å². The third kappa shape index (κ3) is 10.4. The van der Waals surface area contributed by atoms with Crippen molar-refractivity contribution in [3.05, 3.63) is 23.8 Å². The zero-order valence-electron chi connectivity index (χ0n) is 25.2. The molecule has 230 valence electrons. The van der Waals surface area contributed by atoms with Crippen molar-refractivity contribution in [2.24, 2.45) is 47.0 Å². The number of halogens is 1. The Labute approximate surface area is 246 Å². The third-order valence-corrected chi connectivity index (χ3v) is 8.14. The van der Waals surface area contributed by atoms with Gasteiger partial charge in [-0.15, -0.1) is 12.4 Å². The molecule has 9 nitrogen and oxygen atoms in total. The normalized spacial score (nSPS) is 21.2.